The second-order valence-electron chi connectivity index (χ2n) is 7.89. The summed E-state index contributed by atoms with van der Waals surface area (Å²) in [7, 11) is 1.56. The van der Waals surface area contributed by atoms with Crippen molar-refractivity contribution in [3.8, 4) is 0 Å². The predicted molar refractivity (Wildman–Crippen MR) is 117 cm³/mol. The van der Waals surface area contributed by atoms with Crippen molar-refractivity contribution < 1.29 is 14.3 Å². The van der Waals surface area contributed by atoms with Crippen LogP contribution in [0.1, 0.15) is 44.4 Å². The third-order valence-corrected chi connectivity index (χ3v) is 6.14. The minimum absolute atomic E-state index is 0.576. The van der Waals surface area contributed by atoms with E-state index in [0.29, 0.717) is 21.6 Å². The van der Waals surface area contributed by atoms with Crippen molar-refractivity contribution in [1.29, 1.82) is 5.41 Å². The van der Waals surface area contributed by atoms with Crippen molar-refractivity contribution in [1.82, 2.24) is 0 Å². The Hall–Kier alpha value is -1.80. The molecule has 0 heterocycles. The quantitative estimate of drug-likeness (QED) is 0.361. The summed E-state index contributed by atoms with van der Waals surface area (Å²) in [5, 5.41) is 18.2. The van der Waals surface area contributed by atoms with E-state index in [1.165, 1.54) is 6.21 Å². The van der Waals surface area contributed by atoms with Crippen LogP contribution in [-0.4, -0.2) is 34.6 Å². The second-order valence-corrected chi connectivity index (χ2v) is 9.10. The molecule has 0 saturated carbocycles. The van der Waals surface area contributed by atoms with E-state index in [9.17, 15) is 9.66 Å². The molecule has 0 aromatic heterocycles. The number of rotatable bonds is 8. The van der Waals surface area contributed by atoms with Crippen molar-refractivity contribution >= 4 is 36.2 Å². The molecule has 0 bridgehead atoms. The number of nitrogens with one attached hydrogen (secondary N) is 2. The summed E-state index contributed by atoms with van der Waals surface area (Å²) in [5.74, 6) is 0. The molecule has 2 rings (SSSR count). The van der Waals surface area contributed by atoms with Gasteiger partial charge in [0, 0.05) is 11.8 Å². The van der Waals surface area contributed by atoms with Gasteiger partial charge in [-0.25, -0.2) is 4.72 Å². The van der Waals surface area contributed by atoms with Gasteiger partial charge >= 0.3 is 7.48 Å². The Labute approximate surface area is 171 Å². The van der Waals surface area contributed by atoms with Crippen LogP contribution in [0, 0.1) is 19.3 Å². The molecule has 0 aliphatic heterocycles. The molecule has 2 aromatic rings. The normalized spacial score (nSPS) is 13.1. The molecule has 7 heteroatoms. The highest BCUT2D eigenvalue weighted by Gasteiger charge is 2.36. The number of aryl methyl sites for hydroxylation is 2. The average molecular weight is 399 g/mol. The molecule has 0 saturated heterocycles. The minimum atomic E-state index is -1.45. The lowest BCUT2D eigenvalue weighted by molar-refractivity contribution is -0.0893. The first kappa shape index (κ1) is 22.5. The van der Waals surface area contributed by atoms with Crippen LogP contribution in [0.2, 0.25) is 0 Å². The SMILES string of the molecule is Cc1ccc([S+]([O-])Nc2ccc(C)c([B]OC(C)(C)C(C)(C)O)c2C=N)cc1. The predicted octanol–water partition coefficient (Wildman–Crippen LogP) is 3.25. The molecule has 28 heavy (non-hydrogen) atoms. The molecule has 0 aliphatic rings. The molecule has 0 spiro atoms. The molecular formula is C21H28BN2O3S. The van der Waals surface area contributed by atoms with Gasteiger partial charge in [-0.05, 0) is 65.2 Å². The van der Waals surface area contributed by atoms with E-state index in [1.54, 1.807) is 41.2 Å². The van der Waals surface area contributed by atoms with E-state index in [0.717, 1.165) is 11.1 Å². The van der Waals surface area contributed by atoms with Gasteiger partial charge in [-0.15, -0.1) is 0 Å². The van der Waals surface area contributed by atoms with Gasteiger partial charge in [-0.3, -0.25) is 0 Å². The summed E-state index contributed by atoms with van der Waals surface area (Å²) >= 11 is -1.45. The number of hydrogen-bond donors (Lipinski definition) is 3. The summed E-state index contributed by atoms with van der Waals surface area (Å²) in [4.78, 5) is 0.659. The first-order valence-electron chi connectivity index (χ1n) is 9.09. The van der Waals surface area contributed by atoms with Crippen LogP contribution in [-0.2, 0) is 16.0 Å². The fourth-order valence-electron chi connectivity index (χ4n) is 2.32. The summed E-state index contributed by atoms with van der Waals surface area (Å²) in [6.07, 6.45) is 1.22. The Balaban J connectivity index is 2.28. The Kier molecular flexibility index (Phi) is 6.99. The fourth-order valence-corrected chi connectivity index (χ4v) is 3.20. The summed E-state index contributed by atoms with van der Waals surface area (Å²) in [6.45, 7) is 10.9. The first-order valence-corrected chi connectivity index (χ1v) is 10.2. The maximum absolute atomic E-state index is 12.7. The zero-order valence-corrected chi connectivity index (χ0v) is 18.1. The molecule has 149 valence electrons. The van der Waals surface area contributed by atoms with Gasteiger partial charge in [0.05, 0.1) is 16.9 Å². The Bertz CT molecular complexity index is 833. The van der Waals surface area contributed by atoms with Crippen LogP contribution < -0.4 is 10.2 Å². The highest BCUT2D eigenvalue weighted by Crippen LogP contribution is 2.25. The summed E-state index contributed by atoms with van der Waals surface area (Å²) < 4.78 is 21.6. The highest BCUT2D eigenvalue weighted by atomic mass is 32.2. The van der Waals surface area contributed by atoms with Crippen molar-refractivity contribution in [3.63, 3.8) is 0 Å². The monoisotopic (exact) mass is 399 g/mol. The van der Waals surface area contributed by atoms with Crippen molar-refractivity contribution in [2.24, 2.45) is 0 Å². The van der Waals surface area contributed by atoms with Gasteiger partial charge in [-0.2, -0.15) is 0 Å². The van der Waals surface area contributed by atoms with Gasteiger partial charge in [-0.1, -0.05) is 29.3 Å². The van der Waals surface area contributed by atoms with Crippen LogP contribution in [0.3, 0.4) is 0 Å². The van der Waals surface area contributed by atoms with E-state index in [-0.39, 0.29) is 0 Å². The molecule has 3 N–H and O–H groups in total. The van der Waals surface area contributed by atoms with E-state index >= 15 is 0 Å². The number of aliphatic hydroxyl groups is 1. The molecule has 5 nitrogen and oxygen atoms in total. The molecular weight excluding hydrogens is 371 g/mol. The van der Waals surface area contributed by atoms with Crippen LogP contribution in [0.4, 0.5) is 5.69 Å². The zero-order chi connectivity index (χ0) is 21.1. The van der Waals surface area contributed by atoms with Crippen LogP contribution in [0.5, 0.6) is 0 Å². The third-order valence-electron chi connectivity index (χ3n) is 5.03. The molecule has 0 aliphatic carbocycles. The van der Waals surface area contributed by atoms with Gasteiger partial charge in [0.25, 0.3) is 0 Å². The molecule has 0 fully saturated rings. The first-order chi connectivity index (χ1) is 13.0. The van der Waals surface area contributed by atoms with E-state index in [1.807, 2.05) is 44.2 Å². The van der Waals surface area contributed by atoms with Crippen LogP contribution in [0.25, 0.3) is 0 Å². The second kappa shape index (κ2) is 8.70. The van der Waals surface area contributed by atoms with Gasteiger partial charge in [0.15, 0.2) is 4.90 Å². The molecule has 1 atom stereocenters. The van der Waals surface area contributed by atoms with Gasteiger partial charge in [0.1, 0.15) is 11.4 Å². The maximum atomic E-state index is 12.7. The van der Waals surface area contributed by atoms with E-state index in [4.69, 9.17) is 10.1 Å². The smallest absolute Gasteiger partial charge is 0.331 e. The molecule has 1 unspecified atom stereocenters. The van der Waals surface area contributed by atoms with Crippen LogP contribution >= 0.6 is 0 Å². The number of anilines is 1. The number of hydrogen-bond acceptors (Lipinski definition) is 5. The highest BCUT2D eigenvalue weighted by molar-refractivity contribution is 7.92. The number of benzene rings is 2. The van der Waals surface area contributed by atoms with Crippen molar-refractivity contribution in [2.75, 3.05) is 4.72 Å². The fraction of sp³-hybridized carbons (Fsp3) is 0.381. The Morgan fingerprint density at radius 2 is 1.71 bits per heavy atom. The van der Waals surface area contributed by atoms with Crippen LogP contribution in [0.15, 0.2) is 41.3 Å². The molecule has 0 amide bonds. The standard InChI is InChI=1S/C21H28BN2O3S/c1-14-7-10-16(11-8-14)28(26)24-18-12-9-15(2)19(17(18)13-23)22-27-21(5,6)20(3,4)25/h7-13,23-25H,1-6H3. The summed E-state index contributed by atoms with van der Waals surface area (Å²) in [6, 6.07) is 11.1. The van der Waals surface area contributed by atoms with Crippen molar-refractivity contribution in [2.45, 2.75) is 57.6 Å². The van der Waals surface area contributed by atoms with Crippen molar-refractivity contribution in [3.05, 3.63) is 53.1 Å². The zero-order valence-electron chi connectivity index (χ0n) is 17.3. The maximum Gasteiger partial charge on any atom is 0.331 e. The van der Waals surface area contributed by atoms with Gasteiger partial charge in [0.2, 0.25) is 0 Å². The molecule has 1 radical (unpaired) electrons. The lowest BCUT2D eigenvalue weighted by Gasteiger charge is -2.37. The van der Waals surface area contributed by atoms with Gasteiger partial charge < -0.3 is 19.7 Å². The lowest BCUT2D eigenvalue weighted by atomic mass is 9.77. The summed E-state index contributed by atoms with van der Waals surface area (Å²) in [5.41, 5.74) is 2.00. The third kappa shape index (κ3) is 5.17. The Morgan fingerprint density at radius 3 is 2.25 bits per heavy atom. The average Bonchev–Trinajstić information content (AvgIpc) is 2.61. The topological polar surface area (TPSA) is 88.4 Å². The van der Waals surface area contributed by atoms with E-state index in [2.05, 4.69) is 4.72 Å². The Morgan fingerprint density at radius 1 is 1.11 bits per heavy atom. The van der Waals surface area contributed by atoms with E-state index < -0.39 is 22.6 Å². The minimum Gasteiger partial charge on any atom is -0.588 e. The lowest BCUT2D eigenvalue weighted by Crippen LogP contribution is -2.49. The molecule has 2 aromatic carbocycles. The largest absolute Gasteiger partial charge is 0.588 e.